The predicted molar refractivity (Wildman–Crippen MR) is 121 cm³/mol. The SMILES string of the molecule is C=CC(=O)OC[C@H]1O[C@@H](OC)[C@H](O[Si](C)(C)C)[C@@H](O[Si](C)(C)C)[C@@H]1O[Si](C)(C)C. The van der Waals surface area contributed by atoms with Gasteiger partial charge in [-0.25, -0.2) is 4.79 Å². The van der Waals surface area contributed by atoms with Crippen LogP contribution in [0.3, 0.4) is 0 Å². The Labute approximate surface area is 179 Å². The monoisotopic (exact) mass is 464 g/mol. The second-order valence-electron chi connectivity index (χ2n) is 10.2. The zero-order chi connectivity index (χ0) is 22.6. The van der Waals surface area contributed by atoms with Crippen LogP contribution in [0.25, 0.3) is 0 Å². The standard InChI is InChI=1S/C19H40O7Si3/c1-12-15(20)22-13-14-16(24-27(3,4)5)17(25-28(6,7)8)18(19(21-2)23-14)26-29(9,10)11/h12,14,16-19H,1,13H2,2-11H3/t14-,16-,17+,18-,19-/m1/s1. The molecule has 0 spiro atoms. The van der Waals surface area contributed by atoms with E-state index in [4.69, 9.17) is 27.5 Å². The molecule has 29 heavy (non-hydrogen) atoms. The van der Waals surface area contributed by atoms with E-state index in [2.05, 4.69) is 65.5 Å². The molecule has 0 unspecified atom stereocenters. The molecule has 1 aliphatic heterocycles. The van der Waals surface area contributed by atoms with Gasteiger partial charge in [-0.05, 0) is 58.9 Å². The van der Waals surface area contributed by atoms with Gasteiger partial charge < -0.3 is 27.5 Å². The van der Waals surface area contributed by atoms with Crippen LogP contribution in [-0.4, -0.2) is 75.3 Å². The topological polar surface area (TPSA) is 72.5 Å². The zero-order valence-corrected chi connectivity index (χ0v) is 22.7. The van der Waals surface area contributed by atoms with Crippen LogP contribution in [0.1, 0.15) is 0 Å². The summed E-state index contributed by atoms with van der Waals surface area (Å²) < 4.78 is 36.7. The summed E-state index contributed by atoms with van der Waals surface area (Å²) in [5.74, 6) is -0.502. The highest BCUT2D eigenvalue weighted by Gasteiger charge is 2.52. The highest BCUT2D eigenvalue weighted by atomic mass is 28.4. The molecule has 1 aliphatic rings. The molecule has 0 N–H and O–H groups in total. The van der Waals surface area contributed by atoms with Crippen LogP contribution < -0.4 is 0 Å². The van der Waals surface area contributed by atoms with Crippen molar-refractivity contribution in [3.05, 3.63) is 12.7 Å². The summed E-state index contributed by atoms with van der Waals surface area (Å²) in [6.45, 7) is 22.6. The highest BCUT2D eigenvalue weighted by molar-refractivity contribution is 6.70. The number of esters is 1. The van der Waals surface area contributed by atoms with Crippen LogP contribution in [-0.2, 0) is 32.3 Å². The summed E-state index contributed by atoms with van der Waals surface area (Å²) >= 11 is 0. The maximum Gasteiger partial charge on any atom is 0.330 e. The Kier molecular flexibility index (Phi) is 9.49. The van der Waals surface area contributed by atoms with E-state index in [0.717, 1.165) is 6.08 Å². The Hall–Kier alpha value is -0.339. The average Bonchev–Trinajstić information content (AvgIpc) is 2.53. The number of carbonyl (C=O) groups is 1. The minimum Gasteiger partial charge on any atom is -0.460 e. The van der Waals surface area contributed by atoms with Gasteiger partial charge in [-0.1, -0.05) is 6.58 Å². The van der Waals surface area contributed by atoms with Crippen molar-refractivity contribution >= 4 is 30.9 Å². The lowest BCUT2D eigenvalue weighted by Gasteiger charge is -2.50. The molecule has 1 fully saturated rings. The maximum atomic E-state index is 11.7. The predicted octanol–water partition coefficient (Wildman–Crippen LogP) is 3.75. The Balaban J connectivity index is 3.34. The molecular weight excluding hydrogens is 424 g/mol. The van der Waals surface area contributed by atoms with Crippen molar-refractivity contribution in [2.45, 2.75) is 89.6 Å². The summed E-state index contributed by atoms with van der Waals surface area (Å²) in [4.78, 5) is 11.7. The number of ether oxygens (including phenoxy) is 3. The molecule has 0 radical (unpaired) electrons. The molecule has 0 aliphatic carbocycles. The molecule has 1 heterocycles. The van der Waals surface area contributed by atoms with Gasteiger partial charge in [-0.2, -0.15) is 0 Å². The zero-order valence-electron chi connectivity index (χ0n) is 19.7. The van der Waals surface area contributed by atoms with Gasteiger partial charge in [-0.15, -0.1) is 0 Å². The van der Waals surface area contributed by atoms with Crippen molar-refractivity contribution in [2.75, 3.05) is 13.7 Å². The van der Waals surface area contributed by atoms with E-state index >= 15 is 0 Å². The molecule has 5 atom stereocenters. The van der Waals surface area contributed by atoms with Gasteiger partial charge in [0.15, 0.2) is 31.2 Å². The first-order valence-electron chi connectivity index (χ1n) is 10.1. The smallest absolute Gasteiger partial charge is 0.330 e. The third-order valence-corrected chi connectivity index (χ3v) is 6.79. The van der Waals surface area contributed by atoms with Crippen molar-refractivity contribution in [3.8, 4) is 0 Å². The van der Waals surface area contributed by atoms with E-state index in [9.17, 15) is 4.79 Å². The fourth-order valence-electron chi connectivity index (χ4n) is 3.05. The summed E-state index contributed by atoms with van der Waals surface area (Å²) in [5, 5.41) is 0. The summed E-state index contributed by atoms with van der Waals surface area (Å²) in [5.41, 5.74) is 0. The Morgan fingerprint density at radius 1 is 0.862 bits per heavy atom. The van der Waals surface area contributed by atoms with Crippen LogP contribution in [0.5, 0.6) is 0 Å². The molecule has 0 saturated carbocycles. The van der Waals surface area contributed by atoms with Gasteiger partial charge in [0.1, 0.15) is 31.0 Å². The second kappa shape index (κ2) is 10.3. The van der Waals surface area contributed by atoms with Crippen LogP contribution in [0.4, 0.5) is 0 Å². The third-order valence-electron chi connectivity index (χ3n) is 3.85. The average molecular weight is 465 g/mol. The van der Waals surface area contributed by atoms with E-state index in [-0.39, 0.29) is 12.7 Å². The fourth-order valence-corrected chi connectivity index (χ4v) is 6.30. The molecule has 170 valence electrons. The summed E-state index contributed by atoms with van der Waals surface area (Å²) in [6.07, 6.45) is -1.27. The third kappa shape index (κ3) is 9.55. The number of rotatable bonds is 10. The first-order valence-corrected chi connectivity index (χ1v) is 20.3. The highest BCUT2D eigenvalue weighted by Crippen LogP contribution is 2.33. The molecule has 0 aromatic rings. The van der Waals surface area contributed by atoms with Gasteiger partial charge in [0.2, 0.25) is 0 Å². The van der Waals surface area contributed by atoms with Gasteiger partial charge >= 0.3 is 5.97 Å². The molecule has 0 bridgehead atoms. The van der Waals surface area contributed by atoms with Crippen LogP contribution >= 0.6 is 0 Å². The van der Waals surface area contributed by atoms with Crippen molar-refractivity contribution in [3.63, 3.8) is 0 Å². The van der Waals surface area contributed by atoms with Gasteiger partial charge in [0.25, 0.3) is 0 Å². The molecular formula is C19H40O7Si3. The van der Waals surface area contributed by atoms with E-state index in [1.54, 1.807) is 7.11 Å². The summed E-state index contributed by atoms with van der Waals surface area (Å²) in [6, 6.07) is 0. The van der Waals surface area contributed by atoms with Crippen molar-refractivity contribution in [1.29, 1.82) is 0 Å². The molecule has 1 rings (SSSR count). The fraction of sp³-hybridized carbons (Fsp3) is 0.842. The van der Waals surface area contributed by atoms with Gasteiger partial charge in [0.05, 0.1) is 0 Å². The van der Waals surface area contributed by atoms with Crippen LogP contribution in [0, 0.1) is 0 Å². The summed E-state index contributed by atoms with van der Waals surface area (Å²) in [7, 11) is -4.30. The van der Waals surface area contributed by atoms with Crippen LogP contribution in [0.2, 0.25) is 58.9 Å². The van der Waals surface area contributed by atoms with Crippen molar-refractivity contribution < 1.29 is 32.3 Å². The molecule has 7 nitrogen and oxygen atoms in total. The quantitative estimate of drug-likeness (QED) is 0.277. The van der Waals surface area contributed by atoms with E-state index in [1.165, 1.54) is 0 Å². The number of methoxy groups -OCH3 is 1. The number of carbonyl (C=O) groups excluding carboxylic acids is 1. The van der Waals surface area contributed by atoms with Crippen molar-refractivity contribution in [1.82, 2.24) is 0 Å². The molecule has 0 aromatic carbocycles. The Morgan fingerprint density at radius 3 is 1.72 bits per heavy atom. The lowest BCUT2D eigenvalue weighted by molar-refractivity contribution is -0.284. The van der Waals surface area contributed by atoms with E-state index < -0.39 is 55.5 Å². The number of hydrogen-bond donors (Lipinski definition) is 0. The minimum absolute atomic E-state index is 0.0328. The first-order chi connectivity index (χ1) is 13.1. The van der Waals surface area contributed by atoms with Crippen LogP contribution in [0.15, 0.2) is 12.7 Å². The van der Waals surface area contributed by atoms with Gasteiger partial charge in [0, 0.05) is 13.2 Å². The Bertz CT molecular complexity index is 551. The molecule has 1 saturated heterocycles. The van der Waals surface area contributed by atoms with E-state index in [1.807, 2.05) is 0 Å². The molecule has 10 heteroatoms. The normalized spacial score (nSPS) is 28.8. The first kappa shape index (κ1) is 26.7. The lowest BCUT2D eigenvalue weighted by atomic mass is 9.99. The maximum absolute atomic E-state index is 11.7. The molecule has 0 aromatic heterocycles. The van der Waals surface area contributed by atoms with Crippen molar-refractivity contribution in [2.24, 2.45) is 0 Å². The second-order valence-corrected chi connectivity index (χ2v) is 23.6. The van der Waals surface area contributed by atoms with E-state index in [0.29, 0.717) is 0 Å². The molecule has 0 amide bonds. The largest absolute Gasteiger partial charge is 0.460 e. The number of hydrogen-bond acceptors (Lipinski definition) is 7. The lowest BCUT2D eigenvalue weighted by Crippen LogP contribution is -2.66. The van der Waals surface area contributed by atoms with Gasteiger partial charge in [-0.3, -0.25) is 0 Å². The minimum atomic E-state index is -1.98. The Morgan fingerprint density at radius 2 is 1.31 bits per heavy atom.